The predicted molar refractivity (Wildman–Crippen MR) is 83.6 cm³/mol. The Bertz CT molecular complexity index is 700. The van der Waals surface area contributed by atoms with Gasteiger partial charge in [-0.05, 0) is 25.0 Å². The third-order valence-electron chi connectivity index (χ3n) is 4.10. The number of hydrogen-bond donors (Lipinski definition) is 1. The number of nitrogens with zero attached hydrogens (tertiary/aromatic N) is 3. The summed E-state index contributed by atoms with van der Waals surface area (Å²) in [5.41, 5.74) is 0.501. The lowest BCUT2D eigenvalue weighted by Gasteiger charge is -2.16. The summed E-state index contributed by atoms with van der Waals surface area (Å²) in [6, 6.07) is 5.47. The number of hydrogen-bond acceptors (Lipinski definition) is 5. The van der Waals surface area contributed by atoms with Crippen molar-refractivity contribution < 1.29 is 9.32 Å². The average molecular weight is 316 g/mol. The molecule has 2 aromatic heterocycles. The van der Waals surface area contributed by atoms with Gasteiger partial charge in [0, 0.05) is 12.2 Å². The van der Waals surface area contributed by atoms with E-state index >= 15 is 0 Å². The van der Waals surface area contributed by atoms with Crippen LogP contribution in [0.2, 0.25) is 0 Å². The first kappa shape index (κ1) is 15.5. The average Bonchev–Trinajstić information content (AvgIpc) is 2.76. The Morgan fingerprint density at radius 3 is 2.74 bits per heavy atom. The smallest absolute Gasteiger partial charge is 0.352 e. The summed E-state index contributed by atoms with van der Waals surface area (Å²) in [5, 5.41) is 6.75. The molecule has 2 aromatic rings. The van der Waals surface area contributed by atoms with Gasteiger partial charge in [-0.25, -0.2) is 9.36 Å². The lowest BCUT2D eigenvalue weighted by Crippen LogP contribution is -2.38. The van der Waals surface area contributed by atoms with Gasteiger partial charge in [0.25, 0.3) is 0 Å². The number of pyridine rings is 1. The van der Waals surface area contributed by atoms with Crippen LogP contribution >= 0.6 is 0 Å². The van der Waals surface area contributed by atoms with E-state index in [9.17, 15) is 9.59 Å². The molecule has 1 aliphatic carbocycles. The SMILES string of the molecule is O=C(Cn1c(-c2ccccn2)noc1=O)NC1CCCCCC1. The Hall–Kier alpha value is -2.44. The Morgan fingerprint density at radius 2 is 2.04 bits per heavy atom. The van der Waals surface area contributed by atoms with Crippen molar-refractivity contribution in [2.45, 2.75) is 51.1 Å². The van der Waals surface area contributed by atoms with E-state index in [1.165, 1.54) is 17.4 Å². The Kier molecular flexibility index (Phi) is 4.85. The fourth-order valence-corrected chi connectivity index (χ4v) is 2.93. The molecule has 1 amide bonds. The van der Waals surface area contributed by atoms with Crippen molar-refractivity contribution in [2.24, 2.45) is 0 Å². The normalized spacial score (nSPS) is 16.0. The molecule has 1 N–H and O–H groups in total. The van der Waals surface area contributed by atoms with Crippen molar-refractivity contribution in [3.63, 3.8) is 0 Å². The third-order valence-corrected chi connectivity index (χ3v) is 4.10. The molecule has 1 fully saturated rings. The van der Waals surface area contributed by atoms with Crippen LogP contribution in [0.15, 0.2) is 33.7 Å². The van der Waals surface area contributed by atoms with Crippen LogP contribution in [0, 0.1) is 0 Å². The van der Waals surface area contributed by atoms with Crippen molar-refractivity contribution in [2.75, 3.05) is 0 Å². The molecule has 7 nitrogen and oxygen atoms in total. The van der Waals surface area contributed by atoms with Gasteiger partial charge < -0.3 is 5.32 Å². The van der Waals surface area contributed by atoms with Crippen molar-refractivity contribution in [3.05, 3.63) is 34.9 Å². The number of aromatic nitrogens is 3. The Balaban J connectivity index is 1.71. The first-order valence-electron chi connectivity index (χ1n) is 8.01. The molecular formula is C16H20N4O3. The van der Waals surface area contributed by atoms with Gasteiger partial charge in [-0.15, -0.1) is 0 Å². The molecule has 0 bridgehead atoms. The quantitative estimate of drug-likeness (QED) is 0.868. The molecule has 0 radical (unpaired) electrons. The number of carbonyl (C=O) groups is 1. The summed E-state index contributed by atoms with van der Waals surface area (Å²) in [5.74, 6) is -0.576. The molecule has 0 spiro atoms. The van der Waals surface area contributed by atoms with E-state index in [-0.39, 0.29) is 24.3 Å². The second kappa shape index (κ2) is 7.21. The van der Waals surface area contributed by atoms with Crippen LogP contribution < -0.4 is 11.1 Å². The number of amides is 1. The monoisotopic (exact) mass is 316 g/mol. The minimum Gasteiger partial charge on any atom is -0.352 e. The maximum absolute atomic E-state index is 12.3. The summed E-state index contributed by atoms with van der Waals surface area (Å²) < 4.78 is 5.91. The molecule has 3 rings (SSSR count). The van der Waals surface area contributed by atoms with Crippen LogP contribution in [-0.2, 0) is 11.3 Å². The van der Waals surface area contributed by atoms with Crippen molar-refractivity contribution in [3.8, 4) is 11.5 Å². The van der Waals surface area contributed by atoms with Crippen LogP contribution in [0.25, 0.3) is 11.5 Å². The van der Waals surface area contributed by atoms with E-state index in [2.05, 4.69) is 15.5 Å². The first-order chi connectivity index (χ1) is 11.2. The Labute approximate surface area is 133 Å². The minimum atomic E-state index is -0.651. The van der Waals surface area contributed by atoms with E-state index in [4.69, 9.17) is 4.52 Å². The standard InChI is InChI=1S/C16H20N4O3/c21-14(18-12-7-3-1-2-4-8-12)11-20-15(19-23-16(20)22)13-9-5-6-10-17-13/h5-6,9-10,12H,1-4,7-8,11H2,(H,18,21). The van der Waals surface area contributed by atoms with Gasteiger partial charge in [0.15, 0.2) is 0 Å². The molecule has 1 saturated carbocycles. The third kappa shape index (κ3) is 3.85. The van der Waals surface area contributed by atoms with Crippen LogP contribution in [0.3, 0.4) is 0 Å². The molecular weight excluding hydrogens is 296 g/mol. The van der Waals surface area contributed by atoms with E-state index in [0.717, 1.165) is 25.7 Å². The molecule has 0 atom stereocenters. The first-order valence-corrected chi connectivity index (χ1v) is 8.01. The molecule has 23 heavy (non-hydrogen) atoms. The molecule has 1 aliphatic rings. The van der Waals surface area contributed by atoms with Gasteiger partial charge in [-0.2, -0.15) is 0 Å². The largest absolute Gasteiger partial charge is 0.442 e. The molecule has 0 unspecified atom stereocenters. The Morgan fingerprint density at radius 1 is 1.26 bits per heavy atom. The number of rotatable bonds is 4. The number of carbonyl (C=O) groups excluding carboxylic acids is 1. The summed E-state index contributed by atoms with van der Waals surface area (Å²) in [6.45, 7) is -0.106. The van der Waals surface area contributed by atoms with Gasteiger partial charge in [0.2, 0.25) is 11.7 Å². The highest BCUT2D eigenvalue weighted by molar-refractivity contribution is 5.76. The predicted octanol–water partition coefficient (Wildman–Crippen LogP) is 1.74. The number of nitrogens with one attached hydrogen (secondary N) is 1. The second-order valence-electron chi connectivity index (χ2n) is 5.83. The van der Waals surface area contributed by atoms with Gasteiger partial charge >= 0.3 is 5.76 Å². The zero-order chi connectivity index (χ0) is 16.1. The molecule has 0 saturated heterocycles. The highest BCUT2D eigenvalue weighted by Crippen LogP contribution is 2.17. The lowest BCUT2D eigenvalue weighted by atomic mass is 10.1. The molecule has 122 valence electrons. The maximum Gasteiger partial charge on any atom is 0.442 e. The van der Waals surface area contributed by atoms with E-state index in [1.807, 2.05) is 0 Å². The molecule has 2 heterocycles. The minimum absolute atomic E-state index is 0.106. The molecule has 7 heteroatoms. The van der Waals surface area contributed by atoms with E-state index < -0.39 is 5.76 Å². The zero-order valence-corrected chi connectivity index (χ0v) is 12.9. The van der Waals surface area contributed by atoms with E-state index in [1.54, 1.807) is 24.4 Å². The highest BCUT2D eigenvalue weighted by Gasteiger charge is 2.19. The maximum atomic E-state index is 12.3. The lowest BCUT2D eigenvalue weighted by molar-refractivity contribution is -0.122. The summed E-state index contributed by atoms with van der Waals surface area (Å²) in [4.78, 5) is 28.2. The summed E-state index contributed by atoms with van der Waals surface area (Å²) in [6.07, 6.45) is 8.32. The van der Waals surface area contributed by atoms with Crippen LogP contribution in [0.5, 0.6) is 0 Å². The van der Waals surface area contributed by atoms with Crippen LogP contribution in [0.1, 0.15) is 38.5 Å². The van der Waals surface area contributed by atoms with Gasteiger partial charge in [0.1, 0.15) is 12.2 Å². The molecule has 0 aliphatic heterocycles. The highest BCUT2D eigenvalue weighted by atomic mass is 16.5. The zero-order valence-electron chi connectivity index (χ0n) is 12.9. The topological polar surface area (TPSA) is 90.0 Å². The van der Waals surface area contributed by atoms with Gasteiger partial charge in [-0.1, -0.05) is 36.9 Å². The van der Waals surface area contributed by atoms with E-state index in [0.29, 0.717) is 5.69 Å². The van der Waals surface area contributed by atoms with Crippen LogP contribution in [-0.4, -0.2) is 26.7 Å². The van der Waals surface area contributed by atoms with Crippen molar-refractivity contribution >= 4 is 5.91 Å². The molecule has 0 aromatic carbocycles. The van der Waals surface area contributed by atoms with Crippen molar-refractivity contribution in [1.29, 1.82) is 0 Å². The fraction of sp³-hybridized carbons (Fsp3) is 0.500. The second-order valence-corrected chi connectivity index (χ2v) is 5.83. The fourth-order valence-electron chi connectivity index (χ4n) is 2.93. The van der Waals surface area contributed by atoms with Crippen molar-refractivity contribution in [1.82, 2.24) is 20.0 Å². The van der Waals surface area contributed by atoms with Gasteiger partial charge in [-0.3, -0.25) is 14.3 Å². The summed E-state index contributed by atoms with van der Waals surface area (Å²) in [7, 11) is 0. The van der Waals surface area contributed by atoms with Gasteiger partial charge in [0.05, 0.1) is 0 Å². The van der Waals surface area contributed by atoms with Crippen LogP contribution in [0.4, 0.5) is 0 Å². The summed E-state index contributed by atoms with van der Waals surface area (Å²) >= 11 is 0.